The van der Waals surface area contributed by atoms with Gasteiger partial charge in [-0.2, -0.15) is 26.3 Å². The first-order chi connectivity index (χ1) is 12.1. The lowest BCUT2D eigenvalue weighted by atomic mass is 9.88. The van der Waals surface area contributed by atoms with Crippen LogP contribution in [0.15, 0.2) is 0 Å². The van der Waals surface area contributed by atoms with Gasteiger partial charge in [-0.05, 0) is 11.8 Å². The zero-order valence-corrected chi connectivity index (χ0v) is 14.8. The molecule has 1 aliphatic heterocycles. The highest BCUT2D eigenvalue weighted by Gasteiger charge is 2.60. The molecule has 1 fully saturated rings. The van der Waals surface area contributed by atoms with Crippen LogP contribution in [0.5, 0.6) is 0 Å². The summed E-state index contributed by atoms with van der Waals surface area (Å²) in [4.78, 5) is 47.9. The van der Waals surface area contributed by atoms with Crippen molar-refractivity contribution in [2.24, 2.45) is 11.8 Å². The molecule has 0 aromatic heterocycles. The second-order valence-corrected chi connectivity index (χ2v) is 6.54. The van der Waals surface area contributed by atoms with Crippen LogP contribution in [0.1, 0.15) is 34.1 Å². The van der Waals surface area contributed by atoms with Crippen molar-refractivity contribution in [1.29, 1.82) is 0 Å². The van der Waals surface area contributed by atoms with Crippen molar-refractivity contribution >= 4 is 23.6 Å². The highest BCUT2D eigenvalue weighted by molar-refractivity contribution is 6.13. The number of hydrogen-bond acceptors (Lipinski definition) is 4. The molecule has 1 heterocycles. The van der Waals surface area contributed by atoms with Gasteiger partial charge in [-0.1, -0.05) is 34.1 Å². The van der Waals surface area contributed by atoms with E-state index in [1.807, 2.05) is 0 Å². The maximum absolute atomic E-state index is 12.9. The highest BCUT2D eigenvalue weighted by atomic mass is 19.4. The Morgan fingerprint density at radius 3 is 1.48 bits per heavy atom. The second kappa shape index (κ2) is 7.47. The average molecular weight is 404 g/mol. The maximum Gasteiger partial charge on any atom is 0.471 e. The monoisotopic (exact) mass is 404 g/mol. The van der Waals surface area contributed by atoms with Crippen LogP contribution < -0.4 is 0 Å². The Hall–Kier alpha value is -2.14. The number of carbonyl (C=O) groups excluding carboxylic acids is 4. The van der Waals surface area contributed by atoms with Crippen LogP contribution in [0.25, 0.3) is 0 Å². The van der Waals surface area contributed by atoms with E-state index in [1.54, 1.807) is 0 Å². The number of carbonyl (C=O) groups is 4. The Bertz CT molecular complexity index is 643. The Morgan fingerprint density at radius 1 is 0.852 bits per heavy atom. The number of amides is 4. The van der Waals surface area contributed by atoms with Gasteiger partial charge < -0.3 is 0 Å². The second-order valence-electron chi connectivity index (χ2n) is 6.54. The standard InChI is InChI=1S/C15H18F6N2O4/c1-5-7(4)9-11(25)22(12(26)14(16,17)18)8(6(2)3)10(24)23(9)13(27)15(19,20)21/h6-9H,5H2,1-4H3. The molecule has 0 aromatic carbocycles. The lowest BCUT2D eigenvalue weighted by molar-refractivity contribution is -0.207. The zero-order valence-electron chi connectivity index (χ0n) is 14.8. The smallest absolute Gasteiger partial charge is 0.272 e. The fourth-order valence-electron chi connectivity index (χ4n) is 2.81. The van der Waals surface area contributed by atoms with Crippen LogP contribution in [-0.2, 0) is 19.2 Å². The molecule has 1 aliphatic rings. The molecule has 27 heavy (non-hydrogen) atoms. The number of alkyl halides is 6. The maximum atomic E-state index is 12.9. The summed E-state index contributed by atoms with van der Waals surface area (Å²) in [6.07, 6.45) is -11.1. The van der Waals surface area contributed by atoms with Gasteiger partial charge >= 0.3 is 24.2 Å². The predicted molar refractivity (Wildman–Crippen MR) is 77.7 cm³/mol. The van der Waals surface area contributed by atoms with Gasteiger partial charge in [-0.15, -0.1) is 0 Å². The first-order valence-corrected chi connectivity index (χ1v) is 7.95. The Kier molecular flexibility index (Phi) is 6.33. The number of imide groups is 2. The van der Waals surface area contributed by atoms with Crippen molar-refractivity contribution in [2.45, 2.75) is 58.6 Å². The molecule has 0 aliphatic carbocycles. The largest absolute Gasteiger partial charge is 0.471 e. The van der Waals surface area contributed by atoms with Crippen LogP contribution in [0, 0.1) is 11.8 Å². The van der Waals surface area contributed by atoms with Crippen LogP contribution in [0.4, 0.5) is 26.3 Å². The van der Waals surface area contributed by atoms with E-state index in [4.69, 9.17) is 0 Å². The van der Waals surface area contributed by atoms with E-state index in [2.05, 4.69) is 0 Å². The summed E-state index contributed by atoms with van der Waals surface area (Å²) in [5.41, 5.74) is 0. The molecule has 12 heteroatoms. The van der Waals surface area contributed by atoms with Gasteiger partial charge in [-0.3, -0.25) is 29.0 Å². The minimum absolute atomic E-state index is 0.0360. The van der Waals surface area contributed by atoms with E-state index >= 15 is 0 Å². The fraction of sp³-hybridized carbons (Fsp3) is 0.733. The Morgan fingerprint density at radius 2 is 1.19 bits per heavy atom. The summed E-state index contributed by atoms with van der Waals surface area (Å²) < 4.78 is 77.5. The van der Waals surface area contributed by atoms with Gasteiger partial charge in [0.05, 0.1) is 0 Å². The molecule has 0 aromatic rings. The molecule has 0 N–H and O–H groups in total. The van der Waals surface area contributed by atoms with Crippen molar-refractivity contribution in [3.8, 4) is 0 Å². The first-order valence-electron chi connectivity index (χ1n) is 7.95. The predicted octanol–water partition coefficient (Wildman–Crippen LogP) is 2.27. The summed E-state index contributed by atoms with van der Waals surface area (Å²) in [6.45, 7) is 4.89. The highest BCUT2D eigenvalue weighted by Crippen LogP contribution is 2.34. The summed E-state index contributed by atoms with van der Waals surface area (Å²) >= 11 is 0. The Balaban J connectivity index is 3.64. The SMILES string of the molecule is CCC(C)C1C(=O)N(C(=O)C(F)(F)F)C(C(C)C)C(=O)N1C(=O)C(F)(F)F. The number of hydrogen-bond donors (Lipinski definition) is 0. The van der Waals surface area contributed by atoms with Gasteiger partial charge in [0.15, 0.2) is 0 Å². The van der Waals surface area contributed by atoms with Crippen molar-refractivity contribution in [1.82, 2.24) is 9.80 Å². The molecule has 0 saturated carbocycles. The van der Waals surface area contributed by atoms with Gasteiger partial charge in [0.2, 0.25) is 0 Å². The third kappa shape index (κ3) is 4.24. The molecule has 154 valence electrons. The van der Waals surface area contributed by atoms with Gasteiger partial charge in [-0.25, -0.2) is 0 Å². The summed E-state index contributed by atoms with van der Waals surface area (Å²) in [6, 6.07) is -4.35. The first kappa shape index (κ1) is 22.9. The summed E-state index contributed by atoms with van der Waals surface area (Å²) in [7, 11) is 0. The normalized spacial score (nSPS) is 23.1. The topological polar surface area (TPSA) is 74.8 Å². The molecule has 3 atom stereocenters. The fourth-order valence-corrected chi connectivity index (χ4v) is 2.81. The molecule has 0 radical (unpaired) electrons. The van der Waals surface area contributed by atoms with E-state index in [0.29, 0.717) is 0 Å². The van der Waals surface area contributed by atoms with Crippen LogP contribution >= 0.6 is 0 Å². The van der Waals surface area contributed by atoms with Crippen molar-refractivity contribution in [3.05, 3.63) is 0 Å². The summed E-state index contributed by atoms with van der Waals surface area (Å²) in [5.74, 6) is -10.9. The summed E-state index contributed by atoms with van der Waals surface area (Å²) in [5, 5.41) is 0. The van der Waals surface area contributed by atoms with Gasteiger partial charge in [0.1, 0.15) is 12.1 Å². The van der Waals surface area contributed by atoms with Crippen LogP contribution in [0.2, 0.25) is 0 Å². The molecule has 0 spiro atoms. The molecular weight excluding hydrogens is 386 g/mol. The van der Waals surface area contributed by atoms with E-state index in [-0.39, 0.29) is 16.2 Å². The van der Waals surface area contributed by atoms with E-state index in [0.717, 1.165) is 13.8 Å². The van der Waals surface area contributed by atoms with Gasteiger partial charge in [0.25, 0.3) is 11.8 Å². The van der Waals surface area contributed by atoms with Crippen LogP contribution in [0.3, 0.4) is 0 Å². The van der Waals surface area contributed by atoms with Crippen molar-refractivity contribution in [2.75, 3.05) is 0 Å². The van der Waals surface area contributed by atoms with Crippen molar-refractivity contribution in [3.63, 3.8) is 0 Å². The number of rotatable bonds is 3. The third-order valence-corrected chi connectivity index (χ3v) is 4.27. The lowest BCUT2D eigenvalue weighted by Gasteiger charge is -2.46. The number of halogens is 6. The third-order valence-electron chi connectivity index (χ3n) is 4.27. The lowest BCUT2D eigenvalue weighted by Crippen LogP contribution is -2.72. The van der Waals surface area contributed by atoms with Crippen LogP contribution in [-0.4, -0.2) is 57.9 Å². The van der Waals surface area contributed by atoms with E-state index < -0.39 is 59.9 Å². The Labute approximate surface area is 150 Å². The van der Waals surface area contributed by atoms with Crippen molar-refractivity contribution < 1.29 is 45.5 Å². The minimum Gasteiger partial charge on any atom is -0.272 e. The van der Waals surface area contributed by atoms with E-state index in [9.17, 15) is 45.5 Å². The molecule has 1 rings (SSSR count). The molecular formula is C15H18F6N2O4. The quantitative estimate of drug-likeness (QED) is 0.677. The molecule has 6 nitrogen and oxygen atoms in total. The molecule has 4 amide bonds. The van der Waals surface area contributed by atoms with Gasteiger partial charge in [0, 0.05) is 0 Å². The molecule has 0 bridgehead atoms. The minimum atomic E-state index is -5.53. The van der Waals surface area contributed by atoms with E-state index in [1.165, 1.54) is 13.8 Å². The molecule has 3 unspecified atom stereocenters. The number of piperazine rings is 1. The zero-order chi connectivity index (χ0) is 21.5. The molecule has 1 saturated heterocycles. The number of nitrogens with zero attached hydrogens (tertiary/aromatic N) is 2. The average Bonchev–Trinajstić information content (AvgIpc) is 2.51.